The number of amides is 1. The highest BCUT2D eigenvalue weighted by Gasteiger charge is 2.39. The number of aliphatic hydroxyl groups is 1. The first-order chi connectivity index (χ1) is 14.9. The van der Waals surface area contributed by atoms with Crippen LogP contribution >= 0.6 is 0 Å². The number of nitrogens with zero attached hydrogens (tertiary/aromatic N) is 1. The van der Waals surface area contributed by atoms with Crippen molar-refractivity contribution in [1.82, 2.24) is 5.32 Å². The minimum absolute atomic E-state index is 0.175. The molecule has 0 bridgehead atoms. The Balaban J connectivity index is 1.86. The van der Waals surface area contributed by atoms with Crippen LogP contribution in [0.4, 0.5) is 18.9 Å². The Bertz CT molecular complexity index is 843. The van der Waals surface area contributed by atoms with Gasteiger partial charge < -0.3 is 20.1 Å². The first-order valence-electron chi connectivity index (χ1n) is 11.0. The molecule has 0 aliphatic carbocycles. The lowest BCUT2D eigenvalue weighted by Crippen LogP contribution is -2.39. The number of hydrogen-bond acceptors (Lipinski definition) is 5. The van der Waals surface area contributed by atoms with Gasteiger partial charge >= 0.3 is 12.1 Å². The summed E-state index contributed by atoms with van der Waals surface area (Å²) in [6, 6.07) is 3.64. The smallest absolute Gasteiger partial charge is 0.416 e. The fraction of sp³-hybridized carbons (Fsp3) is 0.652. The van der Waals surface area contributed by atoms with E-state index in [1.165, 1.54) is 6.07 Å². The Labute approximate surface area is 186 Å². The number of benzene rings is 1. The van der Waals surface area contributed by atoms with Crippen LogP contribution in [-0.2, 0) is 20.5 Å². The minimum Gasteiger partial charge on any atom is -0.460 e. The summed E-state index contributed by atoms with van der Waals surface area (Å²) in [5, 5.41) is 12.1. The number of alkyl halides is 3. The Morgan fingerprint density at radius 2 is 1.88 bits per heavy atom. The standard InChI is InChI=1S/C23H31F3N2O4/c1-22(2,3)32-21(31)14-6-9-28(10-7-14)19-12-15(23(24,25)26)4-5-16(19)18-13-27-20(30)17(18)8-11-29/h4-5,12,14,17-18,29H,6-11,13H2,1-3H3,(H,27,30)/t17-,18?/m1/s1. The van der Waals surface area contributed by atoms with Crippen LogP contribution in [0, 0.1) is 11.8 Å². The van der Waals surface area contributed by atoms with Gasteiger partial charge in [-0.1, -0.05) is 6.07 Å². The quantitative estimate of drug-likeness (QED) is 0.664. The van der Waals surface area contributed by atoms with Crippen LogP contribution < -0.4 is 10.2 Å². The summed E-state index contributed by atoms with van der Waals surface area (Å²) in [7, 11) is 0. The molecule has 6 nitrogen and oxygen atoms in total. The first-order valence-corrected chi connectivity index (χ1v) is 11.0. The number of rotatable bonds is 5. The van der Waals surface area contributed by atoms with E-state index in [1.807, 2.05) is 4.90 Å². The Kier molecular flexibility index (Phi) is 7.07. The number of hydrogen-bond donors (Lipinski definition) is 2. The molecule has 0 radical (unpaired) electrons. The number of nitrogens with one attached hydrogen (secondary N) is 1. The number of esters is 1. The number of ether oxygens (including phenoxy) is 1. The zero-order valence-electron chi connectivity index (χ0n) is 18.7. The molecule has 1 amide bonds. The maximum atomic E-state index is 13.4. The van der Waals surface area contributed by atoms with Crippen molar-refractivity contribution in [3.8, 4) is 0 Å². The molecule has 0 aromatic heterocycles. The predicted molar refractivity (Wildman–Crippen MR) is 113 cm³/mol. The highest BCUT2D eigenvalue weighted by molar-refractivity contribution is 5.83. The molecule has 2 fully saturated rings. The third-order valence-electron chi connectivity index (χ3n) is 6.09. The monoisotopic (exact) mass is 456 g/mol. The van der Waals surface area contributed by atoms with E-state index in [1.54, 1.807) is 20.8 Å². The number of carbonyl (C=O) groups is 2. The second-order valence-electron chi connectivity index (χ2n) is 9.54. The van der Waals surface area contributed by atoms with Gasteiger partial charge in [0.1, 0.15) is 5.60 Å². The van der Waals surface area contributed by atoms with Gasteiger partial charge in [-0.3, -0.25) is 9.59 Å². The van der Waals surface area contributed by atoms with Crippen molar-refractivity contribution < 1.29 is 32.6 Å². The van der Waals surface area contributed by atoms with Gasteiger partial charge in [0.15, 0.2) is 0 Å². The molecule has 2 N–H and O–H groups in total. The maximum absolute atomic E-state index is 13.4. The molecule has 2 atom stereocenters. The van der Waals surface area contributed by atoms with E-state index in [4.69, 9.17) is 4.74 Å². The van der Waals surface area contributed by atoms with Gasteiger partial charge in [0.05, 0.1) is 11.5 Å². The number of piperidine rings is 1. The fourth-order valence-corrected chi connectivity index (χ4v) is 4.51. The fourth-order valence-electron chi connectivity index (χ4n) is 4.51. The van der Waals surface area contributed by atoms with Crippen molar-refractivity contribution in [2.75, 3.05) is 31.1 Å². The van der Waals surface area contributed by atoms with E-state index in [0.29, 0.717) is 43.7 Å². The molecular formula is C23H31F3N2O4. The SMILES string of the molecule is CC(C)(C)OC(=O)C1CCN(c2cc(C(F)(F)F)ccc2C2CNC(=O)[C@@H]2CCO)CC1. The lowest BCUT2D eigenvalue weighted by Gasteiger charge is -2.36. The molecule has 178 valence electrons. The van der Waals surface area contributed by atoms with Crippen molar-refractivity contribution in [3.63, 3.8) is 0 Å². The van der Waals surface area contributed by atoms with E-state index in [-0.39, 0.29) is 36.7 Å². The molecule has 1 aromatic carbocycles. The molecule has 3 rings (SSSR count). The Morgan fingerprint density at radius 1 is 1.22 bits per heavy atom. The van der Waals surface area contributed by atoms with Gasteiger partial charge in [-0.15, -0.1) is 0 Å². The lowest BCUT2D eigenvalue weighted by molar-refractivity contribution is -0.160. The minimum atomic E-state index is -4.49. The van der Waals surface area contributed by atoms with Crippen LogP contribution in [-0.4, -0.2) is 48.8 Å². The molecule has 1 unspecified atom stereocenters. The normalized spacial score (nSPS) is 22.7. The summed E-state index contributed by atoms with van der Waals surface area (Å²) in [6.45, 7) is 6.37. The van der Waals surface area contributed by atoms with Gasteiger partial charge in [-0.05, 0) is 57.7 Å². The lowest BCUT2D eigenvalue weighted by atomic mass is 9.84. The summed E-state index contributed by atoms with van der Waals surface area (Å²) < 4.78 is 45.8. The van der Waals surface area contributed by atoms with Crippen LogP contribution in [0.5, 0.6) is 0 Å². The van der Waals surface area contributed by atoms with Crippen molar-refractivity contribution in [1.29, 1.82) is 0 Å². The average Bonchev–Trinajstić information content (AvgIpc) is 3.06. The van der Waals surface area contributed by atoms with E-state index < -0.39 is 23.3 Å². The van der Waals surface area contributed by atoms with E-state index in [2.05, 4.69) is 5.32 Å². The van der Waals surface area contributed by atoms with Gasteiger partial charge in [0, 0.05) is 43.8 Å². The highest BCUT2D eigenvalue weighted by Crippen LogP contribution is 2.41. The second kappa shape index (κ2) is 9.29. The van der Waals surface area contributed by atoms with Crippen molar-refractivity contribution in [2.24, 2.45) is 11.8 Å². The number of aliphatic hydroxyl groups excluding tert-OH is 1. The highest BCUT2D eigenvalue weighted by atomic mass is 19.4. The molecule has 2 aliphatic heterocycles. The molecule has 2 heterocycles. The van der Waals surface area contributed by atoms with E-state index in [9.17, 15) is 27.9 Å². The Morgan fingerprint density at radius 3 is 2.44 bits per heavy atom. The van der Waals surface area contributed by atoms with E-state index >= 15 is 0 Å². The van der Waals surface area contributed by atoms with Gasteiger partial charge in [-0.25, -0.2) is 0 Å². The zero-order valence-corrected chi connectivity index (χ0v) is 18.7. The molecule has 32 heavy (non-hydrogen) atoms. The molecular weight excluding hydrogens is 425 g/mol. The number of anilines is 1. The topological polar surface area (TPSA) is 78.9 Å². The van der Waals surface area contributed by atoms with Crippen LogP contribution in [0.1, 0.15) is 57.1 Å². The summed E-state index contributed by atoms with van der Waals surface area (Å²) in [6.07, 6.45) is -3.28. The maximum Gasteiger partial charge on any atom is 0.416 e. The molecule has 1 aromatic rings. The molecule has 2 aliphatic rings. The van der Waals surface area contributed by atoms with Crippen LogP contribution in [0.25, 0.3) is 0 Å². The van der Waals surface area contributed by atoms with Crippen LogP contribution in [0.15, 0.2) is 18.2 Å². The number of carbonyl (C=O) groups excluding carboxylic acids is 2. The molecule has 9 heteroatoms. The average molecular weight is 457 g/mol. The van der Waals surface area contributed by atoms with Crippen molar-refractivity contribution >= 4 is 17.6 Å². The van der Waals surface area contributed by atoms with Gasteiger partial charge in [-0.2, -0.15) is 13.2 Å². The summed E-state index contributed by atoms with van der Waals surface area (Å²) in [5.74, 6) is -1.59. The summed E-state index contributed by atoms with van der Waals surface area (Å²) in [4.78, 5) is 26.5. The van der Waals surface area contributed by atoms with Crippen molar-refractivity contribution in [3.05, 3.63) is 29.3 Å². The van der Waals surface area contributed by atoms with Crippen molar-refractivity contribution in [2.45, 2.75) is 57.7 Å². The Hall–Kier alpha value is -2.29. The van der Waals surface area contributed by atoms with Gasteiger partial charge in [0.2, 0.25) is 5.91 Å². The largest absolute Gasteiger partial charge is 0.460 e. The predicted octanol–water partition coefficient (Wildman–Crippen LogP) is 3.48. The van der Waals surface area contributed by atoms with E-state index in [0.717, 1.165) is 12.1 Å². The molecule has 2 saturated heterocycles. The third-order valence-corrected chi connectivity index (χ3v) is 6.09. The third kappa shape index (κ3) is 5.54. The number of halogens is 3. The summed E-state index contributed by atoms with van der Waals surface area (Å²) in [5.41, 5.74) is -0.245. The van der Waals surface area contributed by atoms with Gasteiger partial charge in [0.25, 0.3) is 0 Å². The zero-order chi connectivity index (χ0) is 23.7. The molecule has 0 saturated carbocycles. The van der Waals surface area contributed by atoms with Crippen LogP contribution in [0.2, 0.25) is 0 Å². The second-order valence-corrected chi connectivity index (χ2v) is 9.54. The summed E-state index contributed by atoms with van der Waals surface area (Å²) >= 11 is 0. The molecule has 0 spiro atoms. The first kappa shape index (κ1) is 24.4. The van der Waals surface area contributed by atoms with Crippen LogP contribution in [0.3, 0.4) is 0 Å².